The lowest BCUT2D eigenvalue weighted by molar-refractivity contribution is -0.135. The van der Waals surface area contributed by atoms with Crippen LogP contribution in [0.1, 0.15) is 22.3 Å². The van der Waals surface area contributed by atoms with E-state index >= 15 is 0 Å². The summed E-state index contributed by atoms with van der Waals surface area (Å²) in [6, 6.07) is 12.7. The monoisotopic (exact) mass is 321 g/mol. The number of fused-ring (bicyclic) bond motifs is 1. The number of anilines is 1. The number of aromatic hydroxyl groups is 1. The number of nitrogens with zero attached hydrogens (tertiary/aromatic N) is 1. The molecule has 1 aliphatic heterocycles. The molecule has 5 heteroatoms. The minimum absolute atomic E-state index is 0.00291. The van der Waals surface area contributed by atoms with Gasteiger partial charge in [0.05, 0.1) is 24.2 Å². The normalized spacial score (nSPS) is 19.0. The molecular weight excluding hydrogens is 306 g/mol. The Morgan fingerprint density at radius 2 is 1.83 bits per heavy atom. The number of hydrogen-bond donors (Lipinski definition) is 2. The van der Waals surface area contributed by atoms with Crippen LogP contribution in [-0.4, -0.2) is 28.4 Å². The topological polar surface area (TPSA) is 77.8 Å². The highest BCUT2D eigenvalue weighted by Gasteiger charge is 2.50. The van der Waals surface area contributed by atoms with Crippen LogP contribution in [0.4, 0.5) is 5.69 Å². The van der Waals surface area contributed by atoms with Gasteiger partial charge >= 0.3 is 0 Å². The van der Waals surface area contributed by atoms with Crippen molar-refractivity contribution < 1.29 is 19.8 Å². The molecule has 1 heterocycles. The molecule has 2 N–H and O–H groups in total. The third-order valence-electron chi connectivity index (χ3n) is 4.11. The number of Topliss-reactive ketones (excluding diaryl/α,β-unsaturated/α-hetero) is 1. The van der Waals surface area contributed by atoms with Crippen molar-refractivity contribution in [1.82, 2.24) is 0 Å². The first-order chi connectivity index (χ1) is 11.5. The Bertz CT molecular complexity index is 868. The van der Waals surface area contributed by atoms with Crippen LogP contribution >= 0.6 is 0 Å². The molecule has 1 atom stereocenters. The summed E-state index contributed by atoms with van der Waals surface area (Å²) in [7, 11) is 0. The second kappa shape index (κ2) is 5.84. The van der Waals surface area contributed by atoms with Gasteiger partial charge < -0.3 is 10.2 Å². The number of rotatable bonds is 4. The van der Waals surface area contributed by atoms with E-state index in [-0.39, 0.29) is 17.9 Å². The number of amides is 1. The zero-order chi connectivity index (χ0) is 17.3. The number of phenolic OH excluding ortho intramolecular Hbond substituents is 1. The number of ketones is 1. The van der Waals surface area contributed by atoms with Crippen LogP contribution in [0.15, 0.2) is 48.5 Å². The maximum atomic E-state index is 12.7. The minimum Gasteiger partial charge on any atom is -0.507 e. The SMILES string of the molecule is C#CCN1C(=O)[C@@](O)(CC(=O)c2ccccc2O)c2ccccc21. The van der Waals surface area contributed by atoms with Gasteiger partial charge in [0.25, 0.3) is 5.91 Å². The van der Waals surface area contributed by atoms with Gasteiger partial charge in [-0.1, -0.05) is 36.3 Å². The molecule has 0 radical (unpaired) electrons. The standard InChI is InChI=1S/C19H15NO4/c1-2-11-20-15-9-5-4-8-14(15)19(24,18(20)23)12-17(22)13-7-3-6-10-16(13)21/h1,3-10,21,24H,11-12H2/t19-/m1/s1. The van der Waals surface area contributed by atoms with Crippen molar-refractivity contribution in [1.29, 1.82) is 0 Å². The molecule has 0 saturated heterocycles. The Morgan fingerprint density at radius 3 is 2.54 bits per heavy atom. The summed E-state index contributed by atoms with van der Waals surface area (Å²) in [6.45, 7) is 0.00291. The molecular formula is C19H15NO4. The zero-order valence-corrected chi connectivity index (χ0v) is 12.8. The Morgan fingerprint density at radius 1 is 1.17 bits per heavy atom. The Balaban J connectivity index is 2.01. The number of carbonyl (C=O) groups excluding carboxylic acids is 2. The van der Waals surface area contributed by atoms with E-state index in [1.807, 2.05) is 0 Å². The van der Waals surface area contributed by atoms with Crippen LogP contribution in [0.5, 0.6) is 5.75 Å². The predicted octanol–water partition coefficient (Wildman–Crippen LogP) is 1.83. The van der Waals surface area contributed by atoms with Crippen molar-refractivity contribution in [2.24, 2.45) is 0 Å². The molecule has 0 unspecified atom stereocenters. The average Bonchev–Trinajstić information content (AvgIpc) is 2.78. The lowest BCUT2D eigenvalue weighted by Gasteiger charge is -2.22. The van der Waals surface area contributed by atoms with E-state index in [0.717, 1.165) is 0 Å². The predicted molar refractivity (Wildman–Crippen MR) is 88.6 cm³/mol. The highest BCUT2D eigenvalue weighted by molar-refractivity contribution is 6.11. The van der Waals surface area contributed by atoms with Crippen molar-refractivity contribution in [2.75, 3.05) is 11.4 Å². The number of para-hydroxylation sites is 2. The summed E-state index contributed by atoms with van der Waals surface area (Å²) in [5.41, 5.74) is -1.10. The van der Waals surface area contributed by atoms with E-state index in [1.54, 1.807) is 36.4 Å². The van der Waals surface area contributed by atoms with Gasteiger partial charge in [0.2, 0.25) is 0 Å². The second-order valence-electron chi connectivity index (χ2n) is 5.59. The third-order valence-corrected chi connectivity index (χ3v) is 4.11. The number of aliphatic hydroxyl groups is 1. The van der Waals surface area contributed by atoms with Crippen molar-refractivity contribution in [3.63, 3.8) is 0 Å². The number of phenols is 1. The number of carbonyl (C=O) groups is 2. The average molecular weight is 321 g/mol. The fourth-order valence-corrected chi connectivity index (χ4v) is 2.96. The Hall–Kier alpha value is -3.10. The highest BCUT2D eigenvalue weighted by atomic mass is 16.3. The first-order valence-corrected chi connectivity index (χ1v) is 7.37. The zero-order valence-electron chi connectivity index (χ0n) is 12.8. The van der Waals surface area contributed by atoms with Crippen molar-refractivity contribution in [3.8, 4) is 18.1 Å². The lowest BCUT2D eigenvalue weighted by Crippen LogP contribution is -2.42. The molecule has 0 spiro atoms. The second-order valence-corrected chi connectivity index (χ2v) is 5.59. The molecule has 0 saturated carbocycles. The maximum Gasteiger partial charge on any atom is 0.265 e. The van der Waals surface area contributed by atoms with Gasteiger partial charge in [0, 0.05) is 5.56 Å². The molecule has 24 heavy (non-hydrogen) atoms. The van der Waals surface area contributed by atoms with E-state index in [9.17, 15) is 19.8 Å². The van der Waals surface area contributed by atoms with Gasteiger partial charge in [0.15, 0.2) is 11.4 Å². The van der Waals surface area contributed by atoms with Crippen LogP contribution in [0.25, 0.3) is 0 Å². The van der Waals surface area contributed by atoms with Gasteiger partial charge in [0.1, 0.15) is 5.75 Å². The minimum atomic E-state index is -1.99. The van der Waals surface area contributed by atoms with Gasteiger partial charge in [-0.25, -0.2) is 0 Å². The smallest absolute Gasteiger partial charge is 0.265 e. The number of hydrogen-bond acceptors (Lipinski definition) is 4. The maximum absolute atomic E-state index is 12.7. The third kappa shape index (κ3) is 2.34. The van der Waals surface area contributed by atoms with E-state index in [2.05, 4.69) is 5.92 Å². The summed E-state index contributed by atoms with van der Waals surface area (Å²) in [5, 5.41) is 20.8. The van der Waals surface area contributed by atoms with Crippen molar-refractivity contribution >= 4 is 17.4 Å². The van der Waals surface area contributed by atoms with Crippen LogP contribution in [-0.2, 0) is 10.4 Å². The number of benzene rings is 2. The largest absolute Gasteiger partial charge is 0.507 e. The van der Waals surface area contributed by atoms with Crippen molar-refractivity contribution in [2.45, 2.75) is 12.0 Å². The van der Waals surface area contributed by atoms with Gasteiger partial charge in [-0.3, -0.25) is 14.5 Å². The van der Waals surface area contributed by atoms with E-state index < -0.39 is 23.7 Å². The molecule has 1 amide bonds. The van der Waals surface area contributed by atoms with Crippen LogP contribution in [0.3, 0.4) is 0 Å². The van der Waals surface area contributed by atoms with E-state index in [1.165, 1.54) is 17.0 Å². The lowest BCUT2D eigenvalue weighted by atomic mass is 9.88. The highest BCUT2D eigenvalue weighted by Crippen LogP contribution is 2.42. The van der Waals surface area contributed by atoms with Crippen LogP contribution in [0, 0.1) is 12.3 Å². The fraction of sp³-hybridized carbons (Fsp3) is 0.158. The number of terminal acetylenes is 1. The summed E-state index contributed by atoms with van der Waals surface area (Å²) in [4.78, 5) is 26.5. The molecule has 0 fully saturated rings. The van der Waals surface area contributed by atoms with Gasteiger partial charge in [-0.15, -0.1) is 6.42 Å². The molecule has 1 aliphatic rings. The summed E-state index contributed by atoms with van der Waals surface area (Å²) in [5.74, 6) is 1.03. The molecule has 2 aromatic rings. The van der Waals surface area contributed by atoms with Gasteiger partial charge in [-0.2, -0.15) is 0 Å². The molecule has 0 aliphatic carbocycles. The quantitative estimate of drug-likeness (QED) is 0.665. The van der Waals surface area contributed by atoms with Crippen molar-refractivity contribution in [3.05, 3.63) is 59.7 Å². The first kappa shape index (κ1) is 15.8. The Kier molecular flexibility index (Phi) is 3.84. The summed E-state index contributed by atoms with van der Waals surface area (Å²) >= 11 is 0. The van der Waals surface area contributed by atoms with Gasteiger partial charge in [-0.05, 0) is 18.2 Å². The van der Waals surface area contributed by atoms with E-state index in [0.29, 0.717) is 11.3 Å². The molecule has 0 bridgehead atoms. The Labute approximate surface area is 139 Å². The molecule has 0 aromatic heterocycles. The molecule has 3 rings (SSSR count). The van der Waals surface area contributed by atoms with Crippen LogP contribution in [0.2, 0.25) is 0 Å². The van der Waals surface area contributed by atoms with E-state index in [4.69, 9.17) is 6.42 Å². The molecule has 5 nitrogen and oxygen atoms in total. The fourth-order valence-electron chi connectivity index (χ4n) is 2.96. The summed E-state index contributed by atoms with van der Waals surface area (Å²) in [6.07, 6.45) is 4.83. The first-order valence-electron chi connectivity index (χ1n) is 7.37. The summed E-state index contributed by atoms with van der Waals surface area (Å²) < 4.78 is 0. The van der Waals surface area contributed by atoms with Crippen LogP contribution < -0.4 is 4.90 Å². The molecule has 2 aromatic carbocycles. The molecule has 120 valence electrons.